The summed E-state index contributed by atoms with van der Waals surface area (Å²) in [5.41, 5.74) is 1.10. The first-order valence-corrected chi connectivity index (χ1v) is 11.8. The van der Waals surface area contributed by atoms with Gasteiger partial charge in [0.15, 0.2) is 11.5 Å². The summed E-state index contributed by atoms with van der Waals surface area (Å²) in [6.07, 6.45) is 12.4. The van der Waals surface area contributed by atoms with Gasteiger partial charge in [-0.05, 0) is 62.6 Å². The zero-order chi connectivity index (χ0) is 23.4. The van der Waals surface area contributed by atoms with E-state index >= 15 is 0 Å². The van der Waals surface area contributed by atoms with Crippen LogP contribution in [0.2, 0.25) is 0 Å². The van der Waals surface area contributed by atoms with Crippen molar-refractivity contribution in [1.82, 2.24) is 4.90 Å². The SMILES string of the molecule is COc1ccc(CN2CC=CC(C)(C)C[C@@H]2[C@]2(C)CC[C@@H](/C=C/C[C@@H](C)O)O2)cc1OC. The molecule has 2 aliphatic rings. The van der Waals surface area contributed by atoms with E-state index in [1.54, 1.807) is 14.2 Å². The summed E-state index contributed by atoms with van der Waals surface area (Å²) >= 11 is 0. The molecule has 0 aliphatic carbocycles. The highest BCUT2D eigenvalue weighted by Crippen LogP contribution is 2.42. The van der Waals surface area contributed by atoms with Crippen molar-refractivity contribution in [1.29, 1.82) is 0 Å². The topological polar surface area (TPSA) is 51.2 Å². The molecule has 0 radical (unpaired) electrons. The Labute approximate surface area is 194 Å². The summed E-state index contributed by atoms with van der Waals surface area (Å²) < 4.78 is 17.6. The fourth-order valence-electron chi connectivity index (χ4n) is 5.02. The van der Waals surface area contributed by atoms with Crippen molar-refractivity contribution < 1.29 is 19.3 Å². The van der Waals surface area contributed by atoms with Gasteiger partial charge in [0, 0.05) is 19.1 Å². The zero-order valence-electron chi connectivity index (χ0n) is 20.6. The smallest absolute Gasteiger partial charge is 0.161 e. The maximum Gasteiger partial charge on any atom is 0.161 e. The lowest BCUT2D eigenvalue weighted by atomic mass is 9.79. The second-order valence-corrected chi connectivity index (χ2v) is 10.3. The van der Waals surface area contributed by atoms with Gasteiger partial charge in [-0.3, -0.25) is 4.90 Å². The second kappa shape index (κ2) is 10.4. The molecule has 178 valence electrons. The molecule has 0 saturated carbocycles. The van der Waals surface area contributed by atoms with Gasteiger partial charge in [0.05, 0.1) is 32.0 Å². The average molecular weight is 444 g/mol. The third-order valence-corrected chi connectivity index (χ3v) is 6.78. The molecule has 3 rings (SSSR count). The van der Waals surface area contributed by atoms with E-state index in [-0.39, 0.29) is 29.3 Å². The predicted octanol–water partition coefficient (Wildman–Crippen LogP) is 5.13. The number of methoxy groups -OCH3 is 2. The predicted molar refractivity (Wildman–Crippen MR) is 129 cm³/mol. The molecule has 0 spiro atoms. The average Bonchev–Trinajstić information content (AvgIpc) is 3.04. The monoisotopic (exact) mass is 443 g/mol. The number of aliphatic hydroxyl groups is 1. The van der Waals surface area contributed by atoms with E-state index in [0.29, 0.717) is 6.42 Å². The van der Waals surface area contributed by atoms with E-state index in [1.165, 1.54) is 5.56 Å². The van der Waals surface area contributed by atoms with E-state index in [0.717, 1.165) is 43.9 Å². The lowest BCUT2D eigenvalue weighted by Gasteiger charge is -2.43. The Morgan fingerprint density at radius 3 is 2.66 bits per heavy atom. The lowest BCUT2D eigenvalue weighted by Crippen LogP contribution is -2.51. The van der Waals surface area contributed by atoms with Gasteiger partial charge in [0.1, 0.15) is 0 Å². The normalized spacial score (nSPS) is 29.2. The van der Waals surface area contributed by atoms with E-state index in [4.69, 9.17) is 14.2 Å². The molecule has 5 nitrogen and oxygen atoms in total. The van der Waals surface area contributed by atoms with Crippen LogP contribution >= 0.6 is 0 Å². The number of nitrogens with zero attached hydrogens (tertiary/aromatic N) is 1. The largest absolute Gasteiger partial charge is 0.493 e. The minimum absolute atomic E-state index is 0.112. The van der Waals surface area contributed by atoms with Crippen LogP contribution in [0.25, 0.3) is 0 Å². The van der Waals surface area contributed by atoms with E-state index in [1.807, 2.05) is 13.0 Å². The number of benzene rings is 1. The lowest BCUT2D eigenvalue weighted by molar-refractivity contribution is -0.0796. The zero-order valence-corrected chi connectivity index (χ0v) is 20.6. The van der Waals surface area contributed by atoms with Crippen LogP contribution in [-0.2, 0) is 11.3 Å². The summed E-state index contributed by atoms with van der Waals surface area (Å²) in [5.74, 6) is 1.52. The molecule has 2 heterocycles. The van der Waals surface area contributed by atoms with Gasteiger partial charge in [0.2, 0.25) is 0 Å². The Morgan fingerprint density at radius 2 is 1.97 bits per heavy atom. The molecular weight excluding hydrogens is 402 g/mol. The van der Waals surface area contributed by atoms with Crippen LogP contribution in [0.15, 0.2) is 42.5 Å². The highest BCUT2D eigenvalue weighted by molar-refractivity contribution is 5.43. The minimum Gasteiger partial charge on any atom is -0.493 e. The van der Waals surface area contributed by atoms with Crippen LogP contribution < -0.4 is 9.47 Å². The highest BCUT2D eigenvalue weighted by Gasteiger charge is 2.46. The molecular formula is C27H41NO4. The molecule has 1 aromatic rings. The highest BCUT2D eigenvalue weighted by atomic mass is 16.5. The number of hydrogen-bond donors (Lipinski definition) is 1. The number of rotatable bonds is 8. The Hall–Kier alpha value is -1.82. The van der Waals surface area contributed by atoms with Crippen LogP contribution in [0.3, 0.4) is 0 Å². The fraction of sp³-hybridized carbons (Fsp3) is 0.630. The summed E-state index contributed by atoms with van der Waals surface area (Å²) in [5, 5.41) is 9.54. The molecule has 0 unspecified atom stereocenters. The molecule has 4 atom stereocenters. The van der Waals surface area contributed by atoms with Crippen LogP contribution in [0.5, 0.6) is 11.5 Å². The van der Waals surface area contributed by atoms with Crippen LogP contribution in [0, 0.1) is 5.41 Å². The first kappa shape index (κ1) is 24.8. The fourth-order valence-corrected chi connectivity index (χ4v) is 5.02. The molecule has 1 saturated heterocycles. The van der Waals surface area contributed by atoms with Crippen molar-refractivity contribution in [2.75, 3.05) is 20.8 Å². The minimum atomic E-state index is -0.315. The number of allylic oxidation sites excluding steroid dienone is 1. The summed E-state index contributed by atoms with van der Waals surface area (Å²) in [4.78, 5) is 2.55. The second-order valence-electron chi connectivity index (χ2n) is 10.3. The van der Waals surface area contributed by atoms with E-state index in [2.05, 4.69) is 62.1 Å². The molecule has 1 aromatic carbocycles. The first-order chi connectivity index (χ1) is 15.2. The Morgan fingerprint density at radius 1 is 1.22 bits per heavy atom. The Balaban J connectivity index is 1.81. The molecule has 0 aromatic heterocycles. The molecule has 0 bridgehead atoms. The quantitative estimate of drug-likeness (QED) is 0.565. The van der Waals surface area contributed by atoms with Crippen LogP contribution in [0.1, 0.15) is 58.9 Å². The maximum absolute atomic E-state index is 9.54. The molecule has 0 amide bonds. The Kier molecular flexibility index (Phi) is 8.07. The van der Waals surface area contributed by atoms with E-state index in [9.17, 15) is 5.11 Å². The van der Waals surface area contributed by atoms with Crippen molar-refractivity contribution in [3.8, 4) is 11.5 Å². The van der Waals surface area contributed by atoms with Gasteiger partial charge in [0.25, 0.3) is 0 Å². The number of ether oxygens (including phenoxy) is 3. The summed E-state index contributed by atoms with van der Waals surface area (Å²) in [6, 6.07) is 6.47. The Bertz CT molecular complexity index is 816. The number of hydrogen-bond acceptors (Lipinski definition) is 5. The first-order valence-electron chi connectivity index (χ1n) is 11.8. The molecule has 1 fully saturated rings. The van der Waals surface area contributed by atoms with Gasteiger partial charge in [-0.25, -0.2) is 0 Å². The molecule has 1 N–H and O–H groups in total. The van der Waals surface area contributed by atoms with Gasteiger partial charge < -0.3 is 19.3 Å². The standard InChI is InChI=1S/C27H41NO4/c1-20(29)9-7-10-22-13-15-27(4,32-22)25-18-26(2,3)14-8-16-28(25)19-21-11-12-23(30-5)24(17-21)31-6/h7-8,10-12,14,17,20,22,25,29H,9,13,15-16,18-19H2,1-6H3/b10-7+/t20-,22-,25-,27+/m1/s1. The van der Waals surface area contributed by atoms with Crippen molar-refractivity contribution >= 4 is 0 Å². The van der Waals surface area contributed by atoms with Crippen molar-refractivity contribution in [2.45, 2.75) is 83.8 Å². The van der Waals surface area contributed by atoms with Gasteiger partial charge in [-0.15, -0.1) is 0 Å². The molecule has 2 aliphatic heterocycles. The van der Waals surface area contributed by atoms with Crippen molar-refractivity contribution in [3.63, 3.8) is 0 Å². The third kappa shape index (κ3) is 6.15. The molecule has 5 heteroatoms. The maximum atomic E-state index is 9.54. The summed E-state index contributed by atoms with van der Waals surface area (Å²) in [7, 11) is 3.35. The van der Waals surface area contributed by atoms with Crippen LogP contribution in [0.4, 0.5) is 0 Å². The summed E-state index contributed by atoms with van der Waals surface area (Å²) in [6.45, 7) is 10.4. The van der Waals surface area contributed by atoms with E-state index < -0.39 is 0 Å². The number of aliphatic hydroxyl groups excluding tert-OH is 1. The van der Waals surface area contributed by atoms with Gasteiger partial charge in [-0.2, -0.15) is 0 Å². The molecule has 32 heavy (non-hydrogen) atoms. The van der Waals surface area contributed by atoms with Gasteiger partial charge >= 0.3 is 0 Å². The van der Waals surface area contributed by atoms with Crippen molar-refractivity contribution in [3.05, 3.63) is 48.1 Å². The van der Waals surface area contributed by atoms with Crippen molar-refractivity contribution in [2.24, 2.45) is 5.41 Å². The van der Waals surface area contributed by atoms with Gasteiger partial charge in [-0.1, -0.05) is 44.2 Å². The van der Waals surface area contributed by atoms with Crippen LogP contribution in [-0.4, -0.2) is 54.6 Å². The third-order valence-electron chi connectivity index (χ3n) is 6.78.